The van der Waals surface area contributed by atoms with Crippen molar-refractivity contribution in [3.8, 4) is 0 Å². The standard InChI is InChI=1S/C16H17N3O2S/c1-9-4-3-5-10(2)13(9)18-15(21)12-8-22-16(17-12)19-14(20)11-6-7-11/h3-5,8,11H,6-7H2,1-2H3,(H,18,21)(H,17,19,20). The molecule has 0 saturated heterocycles. The first kappa shape index (κ1) is 14.7. The van der Waals surface area contributed by atoms with Gasteiger partial charge in [0, 0.05) is 17.0 Å². The van der Waals surface area contributed by atoms with Crippen molar-refractivity contribution >= 4 is 34.0 Å². The molecule has 5 nitrogen and oxygen atoms in total. The molecule has 2 N–H and O–H groups in total. The molecule has 1 saturated carbocycles. The second-order valence-corrected chi connectivity index (χ2v) is 6.38. The zero-order chi connectivity index (χ0) is 15.7. The molecule has 1 fully saturated rings. The molecule has 1 aliphatic rings. The summed E-state index contributed by atoms with van der Waals surface area (Å²) in [5.74, 6) is -0.146. The number of para-hydroxylation sites is 1. The van der Waals surface area contributed by atoms with Crippen molar-refractivity contribution in [2.24, 2.45) is 5.92 Å². The minimum atomic E-state index is -0.263. The summed E-state index contributed by atoms with van der Waals surface area (Å²) in [5.41, 5.74) is 3.14. The summed E-state index contributed by atoms with van der Waals surface area (Å²) in [5, 5.41) is 7.78. The van der Waals surface area contributed by atoms with Gasteiger partial charge < -0.3 is 10.6 Å². The van der Waals surface area contributed by atoms with Crippen LogP contribution in [0.4, 0.5) is 10.8 Å². The van der Waals surface area contributed by atoms with E-state index in [1.54, 1.807) is 5.38 Å². The Bertz CT molecular complexity index is 714. The highest BCUT2D eigenvalue weighted by Gasteiger charge is 2.30. The van der Waals surface area contributed by atoms with Crippen molar-refractivity contribution in [3.63, 3.8) is 0 Å². The van der Waals surface area contributed by atoms with Gasteiger partial charge in [-0.2, -0.15) is 0 Å². The molecule has 0 unspecified atom stereocenters. The second kappa shape index (κ2) is 5.88. The van der Waals surface area contributed by atoms with Crippen LogP contribution < -0.4 is 10.6 Å². The van der Waals surface area contributed by atoms with E-state index in [2.05, 4.69) is 15.6 Å². The molecule has 0 atom stereocenters. The Kier molecular flexibility index (Phi) is 3.94. The quantitative estimate of drug-likeness (QED) is 0.909. The normalized spacial score (nSPS) is 13.7. The van der Waals surface area contributed by atoms with Crippen molar-refractivity contribution in [1.82, 2.24) is 4.98 Å². The van der Waals surface area contributed by atoms with E-state index < -0.39 is 0 Å². The number of nitrogens with one attached hydrogen (secondary N) is 2. The van der Waals surface area contributed by atoms with Gasteiger partial charge in [0.15, 0.2) is 5.13 Å². The van der Waals surface area contributed by atoms with Crippen LogP contribution in [0, 0.1) is 19.8 Å². The molecule has 0 radical (unpaired) electrons. The molecule has 6 heteroatoms. The molecule has 0 bridgehead atoms. The number of thiazole rings is 1. The van der Waals surface area contributed by atoms with Crippen molar-refractivity contribution in [3.05, 3.63) is 40.4 Å². The third-order valence-corrected chi connectivity index (χ3v) is 4.39. The molecule has 22 heavy (non-hydrogen) atoms. The van der Waals surface area contributed by atoms with E-state index in [-0.39, 0.29) is 17.7 Å². The van der Waals surface area contributed by atoms with Gasteiger partial charge in [-0.1, -0.05) is 18.2 Å². The predicted octanol–water partition coefficient (Wildman–Crippen LogP) is 3.36. The summed E-state index contributed by atoms with van der Waals surface area (Å²) in [4.78, 5) is 28.2. The maximum absolute atomic E-state index is 12.3. The smallest absolute Gasteiger partial charge is 0.275 e. The van der Waals surface area contributed by atoms with E-state index in [9.17, 15) is 9.59 Å². The monoisotopic (exact) mass is 315 g/mol. The minimum Gasteiger partial charge on any atom is -0.320 e. The maximum Gasteiger partial charge on any atom is 0.275 e. The van der Waals surface area contributed by atoms with Crippen molar-refractivity contribution < 1.29 is 9.59 Å². The topological polar surface area (TPSA) is 71.1 Å². The highest BCUT2D eigenvalue weighted by atomic mass is 32.1. The Balaban J connectivity index is 1.70. The van der Waals surface area contributed by atoms with Crippen LogP contribution in [-0.2, 0) is 4.79 Å². The van der Waals surface area contributed by atoms with Crippen LogP contribution in [0.2, 0.25) is 0 Å². The van der Waals surface area contributed by atoms with Gasteiger partial charge in [-0.05, 0) is 37.8 Å². The number of aromatic nitrogens is 1. The summed E-state index contributed by atoms with van der Waals surface area (Å²) >= 11 is 1.27. The van der Waals surface area contributed by atoms with Crippen LogP contribution in [0.15, 0.2) is 23.6 Å². The molecule has 0 aliphatic heterocycles. The Morgan fingerprint density at radius 1 is 1.18 bits per heavy atom. The lowest BCUT2D eigenvalue weighted by Crippen LogP contribution is -2.16. The zero-order valence-electron chi connectivity index (χ0n) is 12.5. The van der Waals surface area contributed by atoms with Gasteiger partial charge in [0.1, 0.15) is 5.69 Å². The fourth-order valence-corrected chi connectivity index (χ4v) is 2.87. The van der Waals surface area contributed by atoms with Gasteiger partial charge in [-0.25, -0.2) is 4.98 Å². The summed E-state index contributed by atoms with van der Waals surface area (Å²) in [6, 6.07) is 5.85. The Labute approximate surface area is 132 Å². The second-order valence-electron chi connectivity index (χ2n) is 5.52. The lowest BCUT2D eigenvalue weighted by atomic mass is 10.1. The van der Waals surface area contributed by atoms with Crippen LogP contribution in [0.3, 0.4) is 0 Å². The fourth-order valence-electron chi connectivity index (χ4n) is 2.18. The molecule has 1 aromatic carbocycles. The average Bonchev–Trinajstić information content (AvgIpc) is 3.23. The number of amides is 2. The summed E-state index contributed by atoms with van der Waals surface area (Å²) in [7, 11) is 0. The molecular weight excluding hydrogens is 298 g/mol. The third-order valence-electron chi connectivity index (χ3n) is 3.63. The van der Waals surface area contributed by atoms with Gasteiger partial charge in [-0.3, -0.25) is 9.59 Å². The van der Waals surface area contributed by atoms with Crippen LogP contribution >= 0.6 is 11.3 Å². The Morgan fingerprint density at radius 2 is 1.86 bits per heavy atom. The Hall–Kier alpha value is -2.21. The Morgan fingerprint density at radius 3 is 2.50 bits per heavy atom. The SMILES string of the molecule is Cc1cccc(C)c1NC(=O)c1csc(NC(=O)C2CC2)n1. The maximum atomic E-state index is 12.3. The van der Waals surface area contributed by atoms with E-state index >= 15 is 0 Å². The van der Waals surface area contributed by atoms with Gasteiger partial charge in [0.25, 0.3) is 5.91 Å². The molecule has 2 aromatic rings. The van der Waals surface area contributed by atoms with Crippen molar-refractivity contribution in [2.45, 2.75) is 26.7 Å². The highest BCUT2D eigenvalue weighted by molar-refractivity contribution is 7.14. The number of carbonyl (C=O) groups excluding carboxylic acids is 2. The fraction of sp³-hybridized carbons (Fsp3) is 0.312. The van der Waals surface area contributed by atoms with Crippen LogP contribution in [0.1, 0.15) is 34.5 Å². The number of carbonyl (C=O) groups is 2. The number of hydrogen-bond acceptors (Lipinski definition) is 4. The van der Waals surface area contributed by atoms with E-state index in [1.807, 2.05) is 32.0 Å². The minimum absolute atomic E-state index is 0.00365. The number of aryl methyl sites for hydroxylation is 2. The number of nitrogens with zero attached hydrogens (tertiary/aromatic N) is 1. The lowest BCUT2D eigenvalue weighted by Gasteiger charge is -2.10. The zero-order valence-corrected chi connectivity index (χ0v) is 13.3. The molecule has 1 aromatic heterocycles. The predicted molar refractivity (Wildman–Crippen MR) is 87.3 cm³/mol. The molecular formula is C16H17N3O2S. The lowest BCUT2D eigenvalue weighted by molar-refractivity contribution is -0.117. The molecule has 3 rings (SSSR count). The largest absolute Gasteiger partial charge is 0.320 e. The number of rotatable bonds is 4. The van der Waals surface area contributed by atoms with Crippen LogP contribution in [-0.4, -0.2) is 16.8 Å². The van der Waals surface area contributed by atoms with Crippen LogP contribution in [0.5, 0.6) is 0 Å². The van der Waals surface area contributed by atoms with Gasteiger partial charge in [0.05, 0.1) is 0 Å². The third kappa shape index (κ3) is 3.17. The first-order chi connectivity index (χ1) is 10.5. The number of hydrogen-bond donors (Lipinski definition) is 2. The van der Waals surface area contributed by atoms with Gasteiger partial charge in [0.2, 0.25) is 5.91 Å². The van der Waals surface area contributed by atoms with E-state index in [4.69, 9.17) is 0 Å². The highest BCUT2D eigenvalue weighted by Crippen LogP contribution is 2.30. The first-order valence-electron chi connectivity index (χ1n) is 7.18. The van der Waals surface area contributed by atoms with Crippen molar-refractivity contribution in [1.29, 1.82) is 0 Å². The number of anilines is 2. The molecule has 2 amide bonds. The van der Waals surface area contributed by atoms with Gasteiger partial charge in [-0.15, -0.1) is 11.3 Å². The van der Waals surface area contributed by atoms with E-state index in [0.717, 1.165) is 29.7 Å². The van der Waals surface area contributed by atoms with Crippen LogP contribution in [0.25, 0.3) is 0 Å². The average molecular weight is 315 g/mol. The van der Waals surface area contributed by atoms with Gasteiger partial charge >= 0.3 is 0 Å². The van der Waals surface area contributed by atoms with E-state index in [0.29, 0.717) is 10.8 Å². The van der Waals surface area contributed by atoms with E-state index in [1.165, 1.54) is 11.3 Å². The summed E-state index contributed by atoms with van der Waals surface area (Å²) in [6.07, 6.45) is 1.88. The summed E-state index contributed by atoms with van der Waals surface area (Å²) < 4.78 is 0. The molecule has 114 valence electrons. The molecule has 1 heterocycles. The molecule has 1 aliphatic carbocycles. The van der Waals surface area contributed by atoms with Crippen molar-refractivity contribution in [2.75, 3.05) is 10.6 Å². The number of benzene rings is 1. The summed E-state index contributed by atoms with van der Waals surface area (Å²) in [6.45, 7) is 3.90. The first-order valence-corrected chi connectivity index (χ1v) is 8.06. The molecule has 0 spiro atoms.